The largest absolute Gasteiger partial charge is 0.493 e. The summed E-state index contributed by atoms with van der Waals surface area (Å²) >= 11 is 0. The minimum atomic E-state index is -0.202. The van der Waals surface area contributed by atoms with Gasteiger partial charge in [0.1, 0.15) is 5.75 Å². The Morgan fingerprint density at radius 2 is 2.19 bits per heavy atom. The number of para-hydroxylation sites is 1. The lowest BCUT2D eigenvalue weighted by atomic mass is 9.92. The Hall–Kier alpha value is -1.88. The van der Waals surface area contributed by atoms with Crippen molar-refractivity contribution in [3.8, 4) is 5.75 Å². The lowest BCUT2D eigenvalue weighted by Gasteiger charge is -2.23. The molecule has 1 aromatic carbocycles. The van der Waals surface area contributed by atoms with Gasteiger partial charge in [-0.05, 0) is 18.4 Å². The predicted octanol–water partition coefficient (Wildman–Crippen LogP) is 3.03. The average molecular weight is 287 g/mol. The molecule has 1 aromatic heterocycles. The van der Waals surface area contributed by atoms with E-state index in [9.17, 15) is 0 Å². The molecule has 2 aromatic rings. The van der Waals surface area contributed by atoms with Crippen LogP contribution in [0, 0.1) is 5.92 Å². The molecule has 0 aliphatic carbocycles. The summed E-state index contributed by atoms with van der Waals surface area (Å²) in [5.41, 5.74) is 7.28. The van der Waals surface area contributed by atoms with E-state index in [1.54, 1.807) is 0 Å². The van der Waals surface area contributed by atoms with Crippen LogP contribution in [0.15, 0.2) is 28.8 Å². The summed E-state index contributed by atoms with van der Waals surface area (Å²) in [6.07, 6.45) is 1.84. The van der Waals surface area contributed by atoms with Crippen molar-refractivity contribution in [3.63, 3.8) is 0 Å². The third-order valence-electron chi connectivity index (χ3n) is 4.27. The SMILES string of the molecule is CCC(C)C(N)c1nc(C2CCOc3ccccc32)no1. The molecular weight excluding hydrogens is 266 g/mol. The van der Waals surface area contributed by atoms with Crippen LogP contribution >= 0.6 is 0 Å². The Morgan fingerprint density at radius 1 is 1.38 bits per heavy atom. The molecule has 1 aliphatic heterocycles. The van der Waals surface area contributed by atoms with E-state index in [1.807, 2.05) is 18.2 Å². The van der Waals surface area contributed by atoms with Crippen LogP contribution in [0.3, 0.4) is 0 Å². The molecule has 0 amide bonds. The molecule has 0 fully saturated rings. The summed E-state index contributed by atoms with van der Waals surface area (Å²) < 4.78 is 11.1. The second-order valence-corrected chi connectivity index (χ2v) is 5.63. The van der Waals surface area contributed by atoms with Gasteiger partial charge in [-0.1, -0.05) is 43.6 Å². The Morgan fingerprint density at radius 3 is 3.00 bits per heavy atom. The van der Waals surface area contributed by atoms with Crippen LogP contribution in [0.5, 0.6) is 5.75 Å². The number of nitrogens with two attached hydrogens (primary N) is 1. The van der Waals surface area contributed by atoms with Crippen LogP contribution < -0.4 is 10.5 Å². The van der Waals surface area contributed by atoms with E-state index in [1.165, 1.54) is 0 Å². The second-order valence-electron chi connectivity index (χ2n) is 5.63. The fourth-order valence-corrected chi connectivity index (χ4v) is 2.63. The molecule has 0 bridgehead atoms. The summed E-state index contributed by atoms with van der Waals surface area (Å²) in [4.78, 5) is 4.54. The zero-order valence-corrected chi connectivity index (χ0v) is 12.5. The highest BCUT2D eigenvalue weighted by molar-refractivity contribution is 5.40. The predicted molar refractivity (Wildman–Crippen MR) is 79.1 cm³/mol. The van der Waals surface area contributed by atoms with Crippen LogP contribution in [-0.4, -0.2) is 16.7 Å². The van der Waals surface area contributed by atoms with E-state index in [2.05, 4.69) is 30.1 Å². The van der Waals surface area contributed by atoms with Crippen molar-refractivity contribution in [2.45, 2.75) is 38.6 Å². The van der Waals surface area contributed by atoms with Gasteiger partial charge in [0.2, 0.25) is 5.89 Å². The minimum Gasteiger partial charge on any atom is -0.493 e. The maximum Gasteiger partial charge on any atom is 0.243 e. The molecule has 21 heavy (non-hydrogen) atoms. The molecule has 112 valence electrons. The topological polar surface area (TPSA) is 74.2 Å². The van der Waals surface area contributed by atoms with E-state index in [0.717, 1.165) is 24.2 Å². The van der Waals surface area contributed by atoms with E-state index >= 15 is 0 Å². The van der Waals surface area contributed by atoms with E-state index in [-0.39, 0.29) is 12.0 Å². The zero-order chi connectivity index (χ0) is 14.8. The molecule has 0 spiro atoms. The molecule has 3 unspecified atom stereocenters. The van der Waals surface area contributed by atoms with E-state index in [0.29, 0.717) is 24.2 Å². The Balaban J connectivity index is 1.88. The van der Waals surface area contributed by atoms with Crippen LogP contribution in [0.2, 0.25) is 0 Å². The van der Waals surface area contributed by atoms with Gasteiger partial charge in [0, 0.05) is 5.56 Å². The number of nitrogens with zero attached hydrogens (tertiary/aromatic N) is 2. The van der Waals surface area contributed by atoms with E-state index in [4.69, 9.17) is 15.0 Å². The quantitative estimate of drug-likeness (QED) is 0.935. The fraction of sp³-hybridized carbons (Fsp3) is 0.500. The standard InChI is InChI=1S/C16H21N3O2/c1-3-10(2)14(17)16-18-15(19-21-16)12-8-9-20-13-7-5-4-6-11(12)13/h4-7,10,12,14H,3,8-9,17H2,1-2H3. The Labute approximate surface area is 124 Å². The molecule has 0 radical (unpaired) electrons. The van der Waals surface area contributed by atoms with Crippen molar-refractivity contribution < 1.29 is 9.26 Å². The molecule has 2 N–H and O–H groups in total. The molecule has 5 nitrogen and oxygen atoms in total. The van der Waals surface area contributed by atoms with Gasteiger partial charge in [-0.15, -0.1) is 0 Å². The lowest BCUT2D eigenvalue weighted by Crippen LogP contribution is -2.19. The summed E-state index contributed by atoms with van der Waals surface area (Å²) in [6.45, 7) is 4.87. The first-order chi connectivity index (χ1) is 10.2. The van der Waals surface area contributed by atoms with Crippen LogP contribution in [0.25, 0.3) is 0 Å². The third kappa shape index (κ3) is 2.65. The van der Waals surface area contributed by atoms with Gasteiger partial charge >= 0.3 is 0 Å². The van der Waals surface area contributed by atoms with Crippen molar-refractivity contribution >= 4 is 0 Å². The smallest absolute Gasteiger partial charge is 0.243 e. The first-order valence-corrected chi connectivity index (χ1v) is 7.51. The van der Waals surface area contributed by atoms with Crippen molar-refractivity contribution in [2.75, 3.05) is 6.61 Å². The summed E-state index contributed by atoms with van der Waals surface area (Å²) in [6, 6.07) is 7.82. The monoisotopic (exact) mass is 287 g/mol. The Kier molecular flexibility index (Phi) is 3.92. The number of hydrogen-bond donors (Lipinski definition) is 1. The number of ether oxygens (including phenoxy) is 1. The summed E-state index contributed by atoms with van der Waals surface area (Å²) in [5.74, 6) is 2.59. The highest BCUT2D eigenvalue weighted by Gasteiger charge is 2.28. The highest BCUT2D eigenvalue weighted by atomic mass is 16.5. The number of hydrogen-bond acceptors (Lipinski definition) is 5. The van der Waals surface area contributed by atoms with Gasteiger partial charge in [-0.3, -0.25) is 0 Å². The van der Waals surface area contributed by atoms with Gasteiger partial charge in [0.25, 0.3) is 0 Å². The molecule has 0 saturated heterocycles. The van der Waals surface area contributed by atoms with Crippen molar-refractivity contribution in [1.29, 1.82) is 0 Å². The van der Waals surface area contributed by atoms with Crippen molar-refractivity contribution in [3.05, 3.63) is 41.5 Å². The lowest BCUT2D eigenvalue weighted by molar-refractivity contribution is 0.271. The average Bonchev–Trinajstić information content (AvgIpc) is 3.02. The maximum absolute atomic E-state index is 6.17. The molecule has 0 saturated carbocycles. The zero-order valence-electron chi connectivity index (χ0n) is 12.5. The number of aromatic nitrogens is 2. The van der Waals surface area contributed by atoms with Gasteiger partial charge in [0.05, 0.1) is 18.6 Å². The van der Waals surface area contributed by atoms with Gasteiger partial charge in [0.15, 0.2) is 5.82 Å². The van der Waals surface area contributed by atoms with Crippen LogP contribution in [-0.2, 0) is 0 Å². The molecular formula is C16H21N3O2. The maximum atomic E-state index is 6.17. The number of benzene rings is 1. The first kappa shape index (κ1) is 14.1. The number of rotatable bonds is 4. The van der Waals surface area contributed by atoms with Crippen molar-refractivity contribution in [1.82, 2.24) is 10.1 Å². The van der Waals surface area contributed by atoms with Gasteiger partial charge in [-0.25, -0.2) is 0 Å². The van der Waals surface area contributed by atoms with Crippen molar-refractivity contribution in [2.24, 2.45) is 11.7 Å². The molecule has 3 rings (SSSR count). The molecule has 2 heterocycles. The summed E-state index contributed by atoms with van der Waals surface area (Å²) in [7, 11) is 0. The van der Waals surface area contributed by atoms with Crippen LogP contribution in [0.1, 0.15) is 55.9 Å². The van der Waals surface area contributed by atoms with Crippen LogP contribution in [0.4, 0.5) is 0 Å². The number of fused-ring (bicyclic) bond motifs is 1. The minimum absolute atomic E-state index is 0.122. The molecule has 3 atom stereocenters. The fourth-order valence-electron chi connectivity index (χ4n) is 2.63. The highest BCUT2D eigenvalue weighted by Crippen LogP contribution is 2.37. The third-order valence-corrected chi connectivity index (χ3v) is 4.27. The van der Waals surface area contributed by atoms with Gasteiger partial charge < -0.3 is 15.0 Å². The Bertz CT molecular complexity index is 611. The normalized spacial score (nSPS) is 20.4. The second kappa shape index (κ2) is 5.85. The van der Waals surface area contributed by atoms with E-state index < -0.39 is 0 Å². The molecule has 1 aliphatic rings. The van der Waals surface area contributed by atoms with Gasteiger partial charge in [-0.2, -0.15) is 4.98 Å². The summed E-state index contributed by atoms with van der Waals surface area (Å²) in [5, 5.41) is 4.15. The molecule has 5 heteroatoms. The first-order valence-electron chi connectivity index (χ1n) is 7.51.